The summed E-state index contributed by atoms with van der Waals surface area (Å²) >= 11 is 0. The van der Waals surface area contributed by atoms with Crippen molar-refractivity contribution in [1.29, 1.82) is 0 Å². The van der Waals surface area contributed by atoms with Gasteiger partial charge in [-0.25, -0.2) is 4.79 Å². The molecule has 0 aliphatic carbocycles. The second-order valence-electron chi connectivity index (χ2n) is 3.95. The minimum absolute atomic E-state index is 0.272. The zero-order valence-electron chi connectivity index (χ0n) is 10.8. The fourth-order valence-electron chi connectivity index (χ4n) is 1.50. The molecule has 0 spiro atoms. The molecule has 0 saturated carbocycles. The monoisotopic (exact) mass is 251 g/mol. The van der Waals surface area contributed by atoms with Crippen LogP contribution in [0, 0.1) is 5.92 Å². The third kappa shape index (κ3) is 6.03. The van der Waals surface area contributed by atoms with Gasteiger partial charge in [0.05, 0.1) is 0 Å². The van der Waals surface area contributed by atoms with Crippen molar-refractivity contribution < 1.29 is 14.7 Å². The average molecular weight is 251 g/mol. The van der Waals surface area contributed by atoms with Gasteiger partial charge >= 0.3 is 5.97 Å². The predicted octanol–water partition coefficient (Wildman–Crippen LogP) is 2.29. The van der Waals surface area contributed by atoms with Crippen molar-refractivity contribution in [3.05, 3.63) is 37.5 Å². The molecule has 0 aromatic rings. The standard InChI is InChI=1S/C14H21NO3/c1-4-7-10-12(14(17)18)15-13(16)11(8-5-2)9-6-3/h4-7,11-12H,2-3,8-10H2,1H3,(H,15,16)(H,17,18)/b7-4+. The summed E-state index contributed by atoms with van der Waals surface area (Å²) in [5.74, 6) is -1.60. The highest BCUT2D eigenvalue weighted by molar-refractivity contribution is 5.85. The van der Waals surface area contributed by atoms with Crippen molar-refractivity contribution in [3.8, 4) is 0 Å². The van der Waals surface area contributed by atoms with Crippen LogP contribution < -0.4 is 5.32 Å². The molecule has 0 bridgehead atoms. The van der Waals surface area contributed by atoms with Crippen LogP contribution in [0.15, 0.2) is 37.5 Å². The number of allylic oxidation sites excluding steroid dienone is 3. The van der Waals surface area contributed by atoms with Crippen molar-refractivity contribution in [2.75, 3.05) is 0 Å². The van der Waals surface area contributed by atoms with Gasteiger partial charge in [-0.15, -0.1) is 13.2 Å². The largest absolute Gasteiger partial charge is 0.480 e. The molecule has 2 N–H and O–H groups in total. The van der Waals surface area contributed by atoms with Gasteiger partial charge in [0, 0.05) is 5.92 Å². The number of carboxylic acid groups (broad SMARTS) is 1. The molecule has 4 nitrogen and oxygen atoms in total. The molecule has 0 saturated heterocycles. The molecule has 18 heavy (non-hydrogen) atoms. The molecule has 0 radical (unpaired) electrons. The Kier molecular flexibility index (Phi) is 8.27. The van der Waals surface area contributed by atoms with Crippen LogP contribution in [0.2, 0.25) is 0 Å². The Bertz CT molecular complexity index is 324. The highest BCUT2D eigenvalue weighted by Gasteiger charge is 2.22. The first-order valence-corrected chi connectivity index (χ1v) is 5.92. The van der Waals surface area contributed by atoms with Crippen molar-refractivity contribution in [1.82, 2.24) is 5.32 Å². The smallest absolute Gasteiger partial charge is 0.326 e. The van der Waals surface area contributed by atoms with E-state index in [0.717, 1.165) is 0 Å². The molecule has 4 heteroatoms. The highest BCUT2D eigenvalue weighted by atomic mass is 16.4. The van der Waals surface area contributed by atoms with Crippen LogP contribution in [0.1, 0.15) is 26.2 Å². The van der Waals surface area contributed by atoms with Gasteiger partial charge in [0.1, 0.15) is 6.04 Å². The zero-order valence-corrected chi connectivity index (χ0v) is 10.8. The first kappa shape index (κ1) is 16.2. The van der Waals surface area contributed by atoms with E-state index >= 15 is 0 Å². The van der Waals surface area contributed by atoms with E-state index in [-0.39, 0.29) is 18.2 Å². The second-order valence-corrected chi connectivity index (χ2v) is 3.95. The van der Waals surface area contributed by atoms with Crippen LogP contribution in [0.5, 0.6) is 0 Å². The molecular weight excluding hydrogens is 230 g/mol. The Labute approximate surface area is 108 Å². The minimum atomic E-state index is -1.03. The molecule has 1 unspecified atom stereocenters. The molecule has 1 atom stereocenters. The summed E-state index contributed by atoms with van der Waals surface area (Å²) in [5.41, 5.74) is 0. The van der Waals surface area contributed by atoms with E-state index in [1.807, 2.05) is 0 Å². The van der Waals surface area contributed by atoms with Crippen LogP contribution >= 0.6 is 0 Å². The van der Waals surface area contributed by atoms with Gasteiger partial charge in [-0.2, -0.15) is 0 Å². The maximum Gasteiger partial charge on any atom is 0.326 e. The van der Waals surface area contributed by atoms with Crippen molar-refractivity contribution >= 4 is 11.9 Å². The Hall–Kier alpha value is -1.84. The third-order valence-electron chi connectivity index (χ3n) is 2.50. The number of carbonyl (C=O) groups excluding carboxylic acids is 1. The Balaban J connectivity index is 4.58. The molecule has 0 aromatic carbocycles. The van der Waals surface area contributed by atoms with Crippen LogP contribution in [-0.4, -0.2) is 23.0 Å². The summed E-state index contributed by atoms with van der Waals surface area (Å²) in [6.45, 7) is 8.98. The van der Waals surface area contributed by atoms with Crippen molar-refractivity contribution in [2.45, 2.75) is 32.2 Å². The van der Waals surface area contributed by atoms with Gasteiger partial charge in [0.25, 0.3) is 0 Å². The van der Waals surface area contributed by atoms with Gasteiger partial charge in [0.2, 0.25) is 5.91 Å². The summed E-state index contributed by atoms with van der Waals surface area (Å²) in [6, 6.07) is -0.883. The van der Waals surface area contributed by atoms with Gasteiger partial charge in [-0.3, -0.25) is 4.79 Å². The van der Waals surface area contributed by atoms with Crippen molar-refractivity contribution in [2.24, 2.45) is 5.92 Å². The lowest BCUT2D eigenvalue weighted by Gasteiger charge is -2.17. The van der Waals surface area contributed by atoms with Crippen LogP contribution in [0.4, 0.5) is 0 Å². The average Bonchev–Trinajstić information content (AvgIpc) is 2.33. The molecule has 1 amide bonds. The number of aliphatic carboxylic acids is 1. The highest BCUT2D eigenvalue weighted by Crippen LogP contribution is 2.11. The second kappa shape index (κ2) is 9.22. The lowest BCUT2D eigenvalue weighted by molar-refractivity contribution is -0.142. The molecule has 0 aliphatic rings. The fourth-order valence-corrected chi connectivity index (χ4v) is 1.50. The first-order chi connectivity index (χ1) is 8.56. The summed E-state index contributed by atoms with van der Waals surface area (Å²) in [6.07, 6.45) is 8.07. The maximum absolute atomic E-state index is 11.9. The molecule has 0 aromatic heterocycles. The van der Waals surface area contributed by atoms with Gasteiger partial charge in [-0.05, 0) is 26.2 Å². The molecule has 0 heterocycles. The lowest BCUT2D eigenvalue weighted by Crippen LogP contribution is -2.43. The number of carbonyl (C=O) groups is 2. The molecular formula is C14H21NO3. The number of carboxylic acids is 1. The normalized spacial score (nSPS) is 12.3. The topological polar surface area (TPSA) is 66.4 Å². The third-order valence-corrected chi connectivity index (χ3v) is 2.50. The van der Waals surface area contributed by atoms with E-state index in [0.29, 0.717) is 12.8 Å². The Morgan fingerprint density at radius 3 is 2.17 bits per heavy atom. The molecule has 0 rings (SSSR count). The quantitative estimate of drug-likeness (QED) is 0.618. The van der Waals surface area contributed by atoms with Gasteiger partial charge in [0.15, 0.2) is 0 Å². The summed E-state index contributed by atoms with van der Waals surface area (Å²) < 4.78 is 0. The van der Waals surface area contributed by atoms with Gasteiger partial charge < -0.3 is 10.4 Å². The van der Waals surface area contributed by atoms with E-state index in [1.54, 1.807) is 31.2 Å². The number of hydrogen-bond donors (Lipinski definition) is 2. The number of rotatable bonds is 9. The first-order valence-electron chi connectivity index (χ1n) is 5.92. The number of amides is 1. The Morgan fingerprint density at radius 1 is 1.22 bits per heavy atom. The molecule has 0 aliphatic heterocycles. The molecule has 100 valence electrons. The van der Waals surface area contributed by atoms with Gasteiger partial charge in [-0.1, -0.05) is 24.3 Å². The fraction of sp³-hybridized carbons (Fsp3) is 0.429. The molecule has 0 fully saturated rings. The Morgan fingerprint density at radius 2 is 1.78 bits per heavy atom. The number of nitrogens with one attached hydrogen (secondary N) is 1. The lowest BCUT2D eigenvalue weighted by atomic mass is 9.99. The minimum Gasteiger partial charge on any atom is -0.480 e. The van der Waals surface area contributed by atoms with Crippen LogP contribution in [-0.2, 0) is 9.59 Å². The van der Waals surface area contributed by atoms with E-state index in [9.17, 15) is 9.59 Å². The zero-order chi connectivity index (χ0) is 14.0. The summed E-state index contributed by atoms with van der Waals surface area (Å²) in [7, 11) is 0. The predicted molar refractivity (Wildman–Crippen MR) is 72.1 cm³/mol. The van der Waals surface area contributed by atoms with E-state index < -0.39 is 12.0 Å². The maximum atomic E-state index is 11.9. The van der Waals surface area contributed by atoms with E-state index in [4.69, 9.17) is 5.11 Å². The SMILES string of the molecule is C=CCC(CC=C)C(=O)NC(C/C=C/C)C(=O)O. The van der Waals surface area contributed by atoms with E-state index in [1.165, 1.54) is 0 Å². The summed E-state index contributed by atoms with van der Waals surface area (Å²) in [4.78, 5) is 22.9. The summed E-state index contributed by atoms with van der Waals surface area (Å²) in [5, 5.41) is 11.5. The van der Waals surface area contributed by atoms with Crippen LogP contribution in [0.25, 0.3) is 0 Å². The van der Waals surface area contributed by atoms with E-state index in [2.05, 4.69) is 18.5 Å². The van der Waals surface area contributed by atoms with Crippen LogP contribution in [0.3, 0.4) is 0 Å². The number of hydrogen-bond acceptors (Lipinski definition) is 2. The van der Waals surface area contributed by atoms with Crippen molar-refractivity contribution in [3.63, 3.8) is 0 Å².